The number of aryl methyl sites for hydroxylation is 1. The van der Waals surface area contributed by atoms with Gasteiger partial charge in [-0.25, -0.2) is 4.39 Å². The summed E-state index contributed by atoms with van der Waals surface area (Å²) in [5, 5.41) is 1.88. The maximum Gasteiger partial charge on any atom is 0.123 e. The molecule has 1 unspecified atom stereocenters. The molecule has 0 amide bonds. The van der Waals surface area contributed by atoms with Gasteiger partial charge in [0, 0.05) is 27.8 Å². The van der Waals surface area contributed by atoms with Crippen molar-refractivity contribution < 1.29 is 4.39 Å². The fraction of sp³-hybridized carbons (Fsp3) is 0.222. The Morgan fingerprint density at radius 3 is 2.68 bits per heavy atom. The Bertz CT molecular complexity index is 852. The van der Waals surface area contributed by atoms with Crippen LogP contribution in [0.4, 0.5) is 4.39 Å². The number of hydrogen-bond donors (Lipinski definition) is 1. The number of halogens is 2. The number of nitrogens with two attached hydrogens (primary N) is 1. The van der Waals surface area contributed by atoms with Gasteiger partial charge < -0.3 is 10.3 Å². The van der Waals surface area contributed by atoms with Gasteiger partial charge in [-0.3, -0.25) is 0 Å². The second-order valence-corrected chi connectivity index (χ2v) is 6.27. The molecule has 0 spiro atoms. The number of rotatable bonds is 1. The van der Waals surface area contributed by atoms with Crippen molar-refractivity contribution in [1.82, 2.24) is 4.57 Å². The zero-order valence-electron chi connectivity index (χ0n) is 12.0. The van der Waals surface area contributed by atoms with Crippen molar-refractivity contribution in [2.24, 2.45) is 5.73 Å². The van der Waals surface area contributed by atoms with E-state index in [1.54, 1.807) is 12.1 Å². The molecular weight excluding hydrogens is 299 g/mol. The highest BCUT2D eigenvalue weighted by molar-refractivity contribution is 6.31. The van der Waals surface area contributed by atoms with Crippen LogP contribution >= 0.6 is 11.6 Å². The standard InChI is InChI=1S/C18H16ClFN2/c19-11-4-9-17-15(10-11)14-2-1-3-16(21)18(14)22(17)13-7-5-12(20)6-8-13/h4-10,16H,1-3,21H2. The second kappa shape index (κ2) is 5.11. The molecule has 4 rings (SSSR count). The van der Waals surface area contributed by atoms with Crippen LogP contribution < -0.4 is 5.73 Å². The molecule has 112 valence electrons. The summed E-state index contributed by atoms with van der Waals surface area (Å²) < 4.78 is 15.4. The third-order valence-corrected chi connectivity index (χ3v) is 4.69. The van der Waals surface area contributed by atoms with Crippen LogP contribution in [0.25, 0.3) is 16.6 Å². The van der Waals surface area contributed by atoms with Gasteiger partial charge in [0.05, 0.1) is 5.52 Å². The zero-order chi connectivity index (χ0) is 15.3. The molecule has 2 N–H and O–H groups in total. The van der Waals surface area contributed by atoms with Crippen LogP contribution in [0, 0.1) is 5.82 Å². The van der Waals surface area contributed by atoms with Crippen LogP contribution in [-0.4, -0.2) is 4.57 Å². The second-order valence-electron chi connectivity index (χ2n) is 5.84. The molecule has 1 aliphatic rings. The number of hydrogen-bond acceptors (Lipinski definition) is 1. The van der Waals surface area contributed by atoms with Crippen molar-refractivity contribution in [3.05, 3.63) is 64.6 Å². The van der Waals surface area contributed by atoms with Crippen LogP contribution in [0.1, 0.15) is 30.1 Å². The molecule has 0 saturated heterocycles. The van der Waals surface area contributed by atoms with Crippen molar-refractivity contribution in [2.45, 2.75) is 25.3 Å². The molecule has 2 nitrogen and oxygen atoms in total. The van der Waals surface area contributed by atoms with E-state index in [-0.39, 0.29) is 11.9 Å². The number of benzene rings is 2. The molecule has 0 bridgehead atoms. The van der Waals surface area contributed by atoms with E-state index in [1.807, 2.05) is 18.2 Å². The van der Waals surface area contributed by atoms with Gasteiger partial charge in [0.15, 0.2) is 0 Å². The van der Waals surface area contributed by atoms with Gasteiger partial charge in [-0.05, 0) is 67.3 Å². The Labute approximate surface area is 133 Å². The summed E-state index contributed by atoms with van der Waals surface area (Å²) in [7, 11) is 0. The molecule has 0 fully saturated rings. The fourth-order valence-corrected chi connectivity index (χ4v) is 3.68. The lowest BCUT2D eigenvalue weighted by molar-refractivity contribution is 0.551. The van der Waals surface area contributed by atoms with Crippen LogP contribution in [0.5, 0.6) is 0 Å². The molecule has 3 aromatic rings. The van der Waals surface area contributed by atoms with Gasteiger partial charge in [-0.1, -0.05) is 11.6 Å². The first-order chi connectivity index (χ1) is 10.6. The molecule has 1 aromatic heterocycles. The largest absolute Gasteiger partial charge is 0.323 e. The lowest BCUT2D eigenvalue weighted by Crippen LogP contribution is -2.20. The minimum absolute atomic E-state index is 0.0000198. The van der Waals surface area contributed by atoms with Gasteiger partial charge >= 0.3 is 0 Å². The van der Waals surface area contributed by atoms with E-state index in [9.17, 15) is 4.39 Å². The van der Waals surface area contributed by atoms with E-state index in [1.165, 1.54) is 17.7 Å². The molecule has 1 heterocycles. The summed E-state index contributed by atoms with van der Waals surface area (Å²) in [5.74, 6) is -0.235. The Hall–Kier alpha value is -1.84. The number of nitrogens with zero attached hydrogens (tertiary/aromatic N) is 1. The van der Waals surface area contributed by atoms with Crippen molar-refractivity contribution in [3.63, 3.8) is 0 Å². The molecule has 0 saturated carbocycles. The Morgan fingerprint density at radius 2 is 1.91 bits per heavy atom. The highest BCUT2D eigenvalue weighted by atomic mass is 35.5. The fourth-order valence-electron chi connectivity index (χ4n) is 3.50. The molecule has 4 heteroatoms. The molecule has 0 aliphatic heterocycles. The SMILES string of the molecule is NC1CCCc2c1n(-c1ccc(F)cc1)c1ccc(Cl)cc21. The monoisotopic (exact) mass is 314 g/mol. The van der Waals surface area contributed by atoms with Gasteiger partial charge in [0.25, 0.3) is 0 Å². The summed E-state index contributed by atoms with van der Waals surface area (Å²) in [5.41, 5.74) is 10.8. The van der Waals surface area contributed by atoms with E-state index in [0.717, 1.165) is 46.6 Å². The minimum atomic E-state index is -0.235. The quantitative estimate of drug-likeness (QED) is 0.690. The third-order valence-electron chi connectivity index (χ3n) is 4.45. The Kier molecular flexibility index (Phi) is 3.21. The lowest BCUT2D eigenvalue weighted by Gasteiger charge is -2.22. The number of aromatic nitrogens is 1. The average molecular weight is 315 g/mol. The number of fused-ring (bicyclic) bond motifs is 3. The van der Waals surface area contributed by atoms with Crippen molar-refractivity contribution in [2.75, 3.05) is 0 Å². The van der Waals surface area contributed by atoms with Crippen LogP contribution in [0.2, 0.25) is 5.02 Å². The van der Waals surface area contributed by atoms with Gasteiger partial charge in [0.2, 0.25) is 0 Å². The molecule has 1 atom stereocenters. The van der Waals surface area contributed by atoms with Crippen LogP contribution in [0.3, 0.4) is 0 Å². The summed E-state index contributed by atoms with van der Waals surface area (Å²) in [6, 6.07) is 12.5. The molecule has 22 heavy (non-hydrogen) atoms. The molecular formula is C18H16ClFN2. The maximum atomic E-state index is 13.3. The molecule has 1 aliphatic carbocycles. The minimum Gasteiger partial charge on any atom is -0.323 e. The van der Waals surface area contributed by atoms with Gasteiger partial charge in [0.1, 0.15) is 5.82 Å². The van der Waals surface area contributed by atoms with Crippen LogP contribution in [-0.2, 0) is 6.42 Å². The van der Waals surface area contributed by atoms with E-state index in [0.29, 0.717) is 0 Å². The highest BCUT2D eigenvalue weighted by Crippen LogP contribution is 2.39. The molecule has 0 radical (unpaired) electrons. The summed E-state index contributed by atoms with van der Waals surface area (Å²) in [6.45, 7) is 0. The summed E-state index contributed by atoms with van der Waals surface area (Å²) in [6.07, 6.45) is 3.07. The van der Waals surface area contributed by atoms with Crippen molar-refractivity contribution in [1.29, 1.82) is 0 Å². The van der Waals surface area contributed by atoms with Crippen molar-refractivity contribution >= 4 is 22.5 Å². The zero-order valence-corrected chi connectivity index (χ0v) is 12.8. The third kappa shape index (κ3) is 2.04. The predicted molar refractivity (Wildman–Crippen MR) is 88.1 cm³/mol. The smallest absolute Gasteiger partial charge is 0.123 e. The summed E-state index contributed by atoms with van der Waals surface area (Å²) >= 11 is 6.18. The van der Waals surface area contributed by atoms with E-state index >= 15 is 0 Å². The normalized spacial score (nSPS) is 17.7. The van der Waals surface area contributed by atoms with E-state index in [2.05, 4.69) is 4.57 Å². The first kappa shape index (κ1) is 13.8. The van der Waals surface area contributed by atoms with E-state index in [4.69, 9.17) is 17.3 Å². The lowest BCUT2D eigenvalue weighted by atomic mass is 9.92. The first-order valence-corrected chi connectivity index (χ1v) is 7.87. The van der Waals surface area contributed by atoms with Crippen molar-refractivity contribution in [3.8, 4) is 5.69 Å². The Balaban J connectivity index is 2.08. The maximum absolute atomic E-state index is 13.3. The van der Waals surface area contributed by atoms with Crippen LogP contribution in [0.15, 0.2) is 42.5 Å². The first-order valence-electron chi connectivity index (χ1n) is 7.49. The highest BCUT2D eigenvalue weighted by Gasteiger charge is 2.26. The summed E-state index contributed by atoms with van der Waals surface area (Å²) in [4.78, 5) is 0. The predicted octanol–water partition coefficient (Wildman–Crippen LogP) is 4.76. The average Bonchev–Trinajstić information content (AvgIpc) is 2.83. The van der Waals surface area contributed by atoms with Gasteiger partial charge in [-0.15, -0.1) is 0 Å². The van der Waals surface area contributed by atoms with Gasteiger partial charge in [-0.2, -0.15) is 0 Å². The Morgan fingerprint density at radius 1 is 1.14 bits per heavy atom. The topological polar surface area (TPSA) is 30.9 Å². The molecule has 2 aromatic carbocycles. The van der Waals surface area contributed by atoms with E-state index < -0.39 is 0 Å².